The zero-order chi connectivity index (χ0) is 14.3. The summed E-state index contributed by atoms with van der Waals surface area (Å²) in [5.74, 6) is -0.753. The van der Waals surface area contributed by atoms with Gasteiger partial charge >= 0.3 is 5.97 Å². The average Bonchev–Trinajstić information content (AvgIpc) is 2.37. The van der Waals surface area contributed by atoms with Gasteiger partial charge in [-0.15, -0.1) is 0 Å². The van der Waals surface area contributed by atoms with Gasteiger partial charge in [-0.2, -0.15) is 11.8 Å². The van der Waals surface area contributed by atoms with Gasteiger partial charge in [-0.05, 0) is 24.5 Å². The number of amides is 1. The maximum atomic E-state index is 11.8. The van der Waals surface area contributed by atoms with Gasteiger partial charge in [-0.1, -0.05) is 18.2 Å². The van der Waals surface area contributed by atoms with Crippen molar-refractivity contribution in [1.29, 1.82) is 0 Å². The minimum absolute atomic E-state index is 0.0320. The van der Waals surface area contributed by atoms with E-state index < -0.39 is 17.9 Å². The van der Waals surface area contributed by atoms with E-state index in [-0.39, 0.29) is 12.2 Å². The number of thioether (sulfide) groups is 1. The Morgan fingerprint density at radius 1 is 1.37 bits per heavy atom. The number of hydrogen-bond acceptors (Lipinski definition) is 4. The quantitative estimate of drug-likeness (QED) is 0.701. The van der Waals surface area contributed by atoms with Crippen molar-refractivity contribution in [1.82, 2.24) is 5.32 Å². The third kappa shape index (κ3) is 5.21. The van der Waals surface area contributed by atoms with Gasteiger partial charge < -0.3 is 15.5 Å². The molecule has 0 aliphatic carbocycles. The molecule has 0 aromatic heterocycles. The van der Waals surface area contributed by atoms with Crippen LogP contribution in [0.3, 0.4) is 0 Å². The normalized spacial score (nSPS) is 11.8. The molecule has 6 heteroatoms. The lowest BCUT2D eigenvalue weighted by molar-refractivity contribution is -0.141. The van der Waals surface area contributed by atoms with E-state index in [1.807, 2.05) is 6.26 Å². The monoisotopic (exact) mass is 283 g/mol. The molecular weight excluding hydrogens is 266 g/mol. The molecule has 0 unspecified atom stereocenters. The number of rotatable bonds is 7. The van der Waals surface area contributed by atoms with Crippen molar-refractivity contribution in [3.8, 4) is 5.75 Å². The van der Waals surface area contributed by atoms with Crippen LogP contribution in [0.5, 0.6) is 5.75 Å². The maximum absolute atomic E-state index is 11.8. The molecule has 19 heavy (non-hydrogen) atoms. The molecule has 1 atom stereocenters. The second-order valence-corrected chi connectivity index (χ2v) is 5.03. The smallest absolute Gasteiger partial charge is 0.326 e. The van der Waals surface area contributed by atoms with Crippen molar-refractivity contribution in [2.24, 2.45) is 0 Å². The molecule has 0 heterocycles. The zero-order valence-electron chi connectivity index (χ0n) is 10.6. The summed E-state index contributed by atoms with van der Waals surface area (Å²) in [7, 11) is 0. The number of carboxylic acid groups (broad SMARTS) is 1. The van der Waals surface area contributed by atoms with Crippen LogP contribution in [-0.2, 0) is 16.0 Å². The van der Waals surface area contributed by atoms with E-state index in [4.69, 9.17) is 5.11 Å². The van der Waals surface area contributed by atoms with Gasteiger partial charge in [0.25, 0.3) is 0 Å². The molecular formula is C13H17NO4S. The highest BCUT2D eigenvalue weighted by molar-refractivity contribution is 7.98. The Morgan fingerprint density at radius 2 is 2.05 bits per heavy atom. The second kappa shape index (κ2) is 7.68. The summed E-state index contributed by atoms with van der Waals surface area (Å²) in [6.45, 7) is 0. The van der Waals surface area contributed by atoms with Crippen molar-refractivity contribution >= 4 is 23.6 Å². The van der Waals surface area contributed by atoms with Crippen molar-refractivity contribution < 1.29 is 19.8 Å². The lowest BCUT2D eigenvalue weighted by Gasteiger charge is -2.14. The number of phenols is 1. The van der Waals surface area contributed by atoms with Crippen molar-refractivity contribution in [3.05, 3.63) is 29.8 Å². The van der Waals surface area contributed by atoms with Crippen LogP contribution in [0.4, 0.5) is 0 Å². The number of hydrogen-bond donors (Lipinski definition) is 3. The molecule has 0 fully saturated rings. The lowest BCUT2D eigenvalue weighted by atomic mass is 10.1. The molecule has 1 rings (SSSR count). The number of aromatic hydroxyl groups is 1. The summed E-state index contributed by atoms with van der Waals surface area (Å²) >= 11 is 1.53. The fourth-order valence-corrected chi connectivity index (χ4v) is 2.04. The molecule has 0 aliphatic heterocycles. The van der Waals surface area contributed by atoms with E-state index in [2.05, 4.69) is 5.32 Å². The van der Waals surface area contributed by atoms with Gasteiger partial charge in [-0.25, -0.2) is 4.79 Å². The lowest BCUT2D eigenvalue weighted by Crippen LogP contribution is -2.41. The largest absolute Gasteiger partial charge is 0.508 e. The van der Waals surface area contributed by atoms with Crippen LogP contribution in [0, 0.1) is 0 Å². The summed E-state index contributed by atoms with van der Waals surface area (Å²) in [4.78, 5) is 22.7. The number of nitrogens with one attached hydrogen (secondary N) is 1. The predicted molar refractivity (Wildman–Crippen MR) is 74.4 cm³/mol. The molecule has 0 radical (unpaired) electrons. The van der Waals surface area contributed by atoms with Crippen molar-refractivity contribution in [2.75, 3.05) is 12.0 Å². The van der Waals surface area contributed by atoms with E-state index in [1.165, 1.54) is 17.8 Å². The van der Waals surface area contributed by atoms with Gasteiger partial charge in [0, 0.05) is 5.56 Å². The van der Waals surface area contributed by atoms with Gasteiger partial charge in [0.15, 0.2) is 0 Å². The molecule has 3 N–H and O–H groups in total. The molecule has 1 aromatic rings. The Balaban J connectivity index is 2.58. The van der Waals surface area contributed by atoms with Crippen LogP contribution in [-0.4, -0.2) is 40.1 Å². The minimum atomic E-state index is -1.04. The molecule has 0 saturated carbocycles. The highest BCUT2D eigenvalue weighted by Gasteiger charge is 2.19. The molecule has 0 bridgehead atoms. The first kappa shape index (κ1) is 15.4. The van der Waals surface area contributed by atoms with Crippen LogP contribution >= 0.6 is 11.8 Å². The molecule has 1 amide bonds. The van der Waals surface area contributed by atoms with Crippen LogP contribution in [0.1, 0.15) is 12.0 Å². The maximum Gasteiger partial charge on any atom is 0.326 e. The highest BCUT2D eigenvalue weighted by atomic mass is 32.2. The van der Waals surface area contributed by atoms with E-state index >= 15 is 0 Å². The first-order valence-electron chi connectivity index (χ1n) is 5.82. The van der Waals surface area contributed by atoms with Gasteiger partial charge in [0.2, 0.25) is 5.91 Å². The van der Waals surface area contributed by atoms with E-state index in [1.54, 1.807) is 18.2 Å². The summed E-state index contributed by atoms with van der Waals surface area (Å²) in [5, 5.41) is 21.0. The molecule has 104 valence electrons. The number of carbonyl (C=O) groups excluding carboxylic acids is 1. The van der Waals surface area contributed by atoms with Gasteiger partial charge in [-0.3, -0.25) is 4.79 Å². The van der Waals surface area contributed by atoms with Crippen LogP contribution in [0.2, 0.25) is 0 Å². The molecule has 0 spiro atoms. The summed E-state index contributed by atoms with van der Waals surface area (Å²) in [6, 6.07) is 5.61. The topological polar surface area (TPSA) is 86.6 Å². The fraction of sp³-hybridized carbons (Fsp3) is 0.385. The Kier molecular flexibility index (Phi) is 6.21. The van der Waals surface area contributed by atoms with Crippen LogP contribution in [0.25, 0.3) is 0 Å². The first-order chi connectivity index (χ1) is 9.04. The number of carboxylic acids is 1. The van der Waals surface area contributed by atoms with E-state index in [9.17, 15) is 14.7 Å². The Hall–Kier alpha value is -1.69. The molecule has 5 nitrogen and oxygen atoms in total. The van der Waals surface area contributed by atoms with Crippen molar-refractivity contribution in [3.63, 3.8) is 0 Å². The standard InChI is InChI=1S/C13H17NO4S/c1-19-7-6-10(13(17)18)14-12(16)8-9-4-2-3-5-11(9)15/h2-5,10,15H,6-8H2,1H3,(H,14,16)(H,17,18)/t10-/m1/s1. The third-order valence-corrected chi connectivity index (χ3v) is 3.23. The Labute approximate surface area is 116 Å². The molecule has 0 saturated heterocycles. The Morgan fingerprint density at radius 3 is 2.63 bits per heavy atom. The number of para-hydroxylation sites is 1. The molecule has 0 aliphatic rings. The third-order valence-electron chi connectivity index (χ3n) is 2.59. The van der Waals surface area contributed by atoms with Crippen molar-refractivity contribution in [2.45, 2.75) is 18.9 Å². The number of benzene rings is 1. The number of phenolic OH excluding ortho intramolecular Hbond substituents is 1. The SMILES string of the molecule is CSCC[C@@H](NC(=O)Cc1ccccc1O)C(=O)O. The van der Waals surface area contributed by atoms with Crippen LogP contribution < -0.4 is 5.32 Å². The predicted octanol–water partition coefficient (Wildman–Crippen LogP) is 1.26. The van der Waals surface area contributed by atoms with Gasteiger partial charge in [0.05, 0.1) is 6.42 Å². The van der Waals surface area contributed by atoms with E-state index in [0.29, 0.717) is 17.7 Å². The van der Waals surface area contributed by atoms with Crippen LogP contribution in [0.15, 0.2) is 24.3 Å². The minimum Gasteiger partial charge on any atom is -0.508 e. The number of carbonyl (C=O) groups is 2. The highest BCUT2D eigenvalue weighted by Crippen LogP contribution is 2.16. The van der Waals surface area contributed by atoms with E-state index in [0.717, 1.165) is 0 Å². The van der Waals surface area contributed by atoms with Gasteiger partial charge in [0.1, 0.15) is 11.8 Å². The summed E-state index contributed by atoms with van der Waals surface area (Å²) < 4.78 is 0. The summed E-state index contributed by atoms with van der Waals surface area (Å²) in [6.07, 6.45) is 2.22. The molecule has 1 aromatic carbocycles. The average molecular weight is 283 g/mol. The first-order valence-corrected chi connectivity index (χ1v) is 7.22. The Bertz CT molecular complexity index is 450. The number of aliphatic carboxylic acids is 1. The fourth-order valence-electron chi connectivity index (χ4n) is 1.57. The second-order valence-electron chi connectivity index (χ2n) is 4.05. The summed E-state index contributed by atoms with van der Waals surface area (Å²) in [5.41, 5.74) is 0.481. The zero-order valence-corrected chi connectivity index (χ0v) is 11.4.